The maximum Gasteiger partial charge on any atom is 0.327 e. The monoisotopic (exact) mass is 283 g/mol. The Kier molecular flexibility index (Phi) is 3.27. The number of nitrogens with zero attached hydrogens (tertiary/aromatic N) is 2. The first kappa shape index (κ1) is 13.1. The molecule has 1 atom stereocenters. The van der Waals surface area contributed by atoms with E-state index in [0.717, 1.165) is 5.56 Å². The van der Waals surface area contributed by atoms with Crippen LogP contribution in [0.5, 0.6) is 0 Å². The Labute approximate surface area is 121 Å². The third-order valence-corrected chi connectivity index (χ3v) is 3.39. The van der Waals surface area contributed by atoms with E-state index in [1.54, 1.807) is 30.5 Å². The minimum Gasteiger partial charge on any atom is -0.480 e. The quantitative estimate of drug-likeness (QED) is 0.884. The number of aromatic nitrogens is 1. The van der Waals surface area contributed by atoms with Gasteiger partial charge in [-0.2, -0.15) is 0 Å². The average Bonchev–Trinajstić information content (AvgIpc) is 2.88. The molecule has 0 aliphatic carbocycles. The number of aliphatic carboxylic acids is 1. The van der Waals surface area contributed by atoms with Crippen molar-refractivity contribution in [1.82, 2.24) is 4.98 Å². The van der Waals surface area contributed by atoms with Gasteiger partial charge in [0, 0.05) is 18.3 Å². The highest BCUT2D eigenvalue weighted by atomic mass is 16.4. The summed E-state index contributed by atoms with van der Waals surface area (Å²) in [6, 6.07) is 9.24. The number of carboxylic acids is 1. The van der Waals surface area contributed by atoms with Gasteiger partial charge in [0.25, 0.3) is 0 Å². The number of nitrogens with one attached hydrogen (secondary N) is 1. The molecular weight excluding hydrogens is 270 g/mol. The van der Waals surface area contributed by atoms with Crippen LogP contribution in [0.4, 0.5) is 16.2 Å². The summed E-state index contributed by atoms with van der Waals surface area (Å²) in [5.41, 5.74) is 2.01. The van der Waals surface area contributed by atoms with Gasteiger partial charge in [-0.05, 0) is 23.8 Å². The molecular formula is C15H13N3O3. The number of pyridine rings is 1. The normalized spacial score (nSPS) is 16.4. The van der Waals surface area contributed by atoms with Crippen molar-refractivity contribution in [3.05, 3.63) is 54.4 Å². The van der Waals surface area contributed by atoms with Crippen LogP contribution in [0.15, 0.2) is 48.8 Å². The Morgan fingerprint density at radius 1 is 1.24 bits per heavy atom. The summed E-state index contributed by atoms with van der Waals surface area (Å²) in [5, 5.41) is 12.0. The lowest BCUT2D eigenvalue weighted by Crippen LogP contribution is -2.45. The standard InChI is InChI=1S/C15H13N3O3/c19-14(20)13-8-10-4-1-2-6-12(10)18(13)15(21)17-11-5-3-7-16-9-11/h1-7,9,13H,8H2,(H,17,21)(H,19,20). The second-order valence-corrected chi connectivity index (χ2v) is 4.73. The number of carbonyl (C=O) groups is 2. The van der Waals surface area contributed by atoms with E-state index < -0.39 is 18.0 Å². The van der Waals surface area contributed by atoms with Crippen LogP contribution in [0, 0.1) is 0 Å². The van der Waals surface area contributed by atoms with Crippen LogP contribution < -0.4 is 10.2 Å². The lowest BCUT2D eigenvalue weighted by Gasteiger charge is -2.22. The number of urea groups is 1. The second kappa shape index (κ2) is 5.24. The minimum atomic E-state index is -1.02. The number of para-hydroxylation sites is 1. The number of fused-ring (bicyclic) bond motifs is 1. The summed E-state index contributed by atoms with van der Waals surface area (Å²) in [5.74, 6) is -1.02. The largest absolute Gasteiger partial charge is 0.480 e. The van der Waals surface area contributed by atoms with Crippen molar-refractivity contribution in [2.24, 2.45) is 0 Å². The average molecular weight is 283 g/mol. The van der Waals surface area contributed by atoms with Crippen LogP contribution in [0.2, 0.25) is 0 Å². The topological polar surface area (TPSA) is 82.5 Å². The molecule has 106 valence electrons. The van der Waals surface area contributed by atoms with E-state index in [9.17, 15) is 14.7 Å². The number of anilines is 2. The first-order valence-electron chi connectivity index (χ1n) is 6.48. The number of rotatable bonds is 2. The van der Waals surface area contributed by atoms with Crippen LogP contribution in [0.3, 0.4) is 0 Å². The van der Waals surface area contributed by atoms with E-state index in [1.165, 1.54) is 11.1 Å². The van der Waals surface area contributed by atoms with Gasteiger partial charge in [-0.1, -0.05) is 18.2 Å². The van der Waals surface area contributed by atoms with E-state index in [2.05, 4.69) is 10.3 Å². The number of hydrogen-bond donors (Lipinski definition) is 2. The first-order chi connectivity index (χ1) is 10.2. The highest BCUT2D eigenvalue weighted by Gasteiger charge is 2.38. The van der Waals surface area contributed by atoms with Gasteiger partial charge in [0.2, 0.25) is 0 Å². The van der Waals surface area contributed by atoms with E-state index in [-0.39, 0.29) is 0 Å². The molecule has 0 saturated carbocycles. The lowest BCUT2D eigenvalue weighted by molar-refractivity contribution is -0.138. The third kappa shape index (κ3) is 2.43. The van der Waals surface area contributed by atoms with Gasteiger partial charge in [-0.3, -0.25) is 9.88 Å². The minimum absolute atomic E-state index is 0.311. The summed E-state index contributed by atoms with van der Waals surface area (Å²) in [7, 11) is 0. The molecule has 1 unspecified atom stereocenters. The Morgan fingerprint density at radius 2 is 2.05 bits per heavy atom. The van der Waals surface area contributed by atoms with E-state index in [4.69, 9.17) is 0 Å². The first-order valence-corrected chi connectivity index (χ1v) is 6.48. The van der Waals surface area contributed by atoms with Crippen molar-refractivity contribution >= 4 is 23.4 Å². The summed E-state index contributed by atoms with van der Waals surface area (Å²) >= 11 is 0. The molecule has 0 bridgehead atoms. The van der Waals surface area contributed by atoms with Crippen molar-refractivity contribution in [3.8, 4) is 0 Å². The van der Waals surface area contributed by atoms with Gasteiger partial charge >= 0.3 is 12.0 Å². The van der Waals surface area contributed by atoms with Crippen LogP contribution >= 0.6 is 0 Å². The Morgan fingerprint density at radius 3 is 2.76 bits per heavy atom. The second-order valence-electron chi connectivity index (χ2n) is 4.73. The van der Waals surface area contributed by atoms with Crippen LogP contribution in [-0.2, 0) is 11.2 Å². The molecule has 6 heteroatoms. The van der Waals surface area contributed by atoms with Crippen LogP contribution in [-0.4, -0.2) is 28.1 Å². The molecule has 6 nitrogen and oxygen atoms in total. The molecule has 0 saturated heterocycles. The van der Waals surface area contributed by atoms with E-state index in [0.29, 0.717) is 17.8 Å². The molecule has 2 N–H and O–H groups in total. The molecule has 2 amide bonds. The summed E-state index contributed by atoms with van der Waals surface area (Å²) in [4.78, 5) is 29.0. The maximum atomic E-state index is 12.4. The van der Waals surface area contributed by atoms with Gasteiger partial charge in [-0.15, -0.1) is 0 Å². The lowest BCUT2D eigenvalue weighted by atomic mass is 10.1. The predicted octanol–water partition coefficient (Wildman–Crippen LogP) is 2.13. The molecule has 1 aromatic carbocycles. The number of benzene rings is 1. The number of carbonyl (C=O) groups excluding carboxylic acids is 1. The molecule has 1 aliphatic heterocycles. The SMILES string of the molecule is O=C(O)C1Cc2ccccc2N1C(=O)Nc1cccnc1. The van der Waals surface area contributed by atoms with Crippen molar-refractivity contribution in [3.63, 3.8) is 0 Å². The molecule has 3 rings (SSSR count). The number of hydrogen-bond acceptors (Lipinski definition) is 3. The fourth-order valence-electron chi connectivity index (χ4n) is 2.46. The fourth-order valence-corrected chi connectivity index (χ4v) is 2.46. The highest BCUT2D eigenvalue weighted by molar-refractivity contribution is 6.07. The van der Waals surface area contributed by atoms with E-state index in [1.807, 2.05) is 12.1 Å². The smallest absolute Gasteiger partial charge is 0.327 e. The van der Waals surface area contributed by atoms with Crippen molar-refractivity contribution < 1.29 is 14.7 Å². The zero-order valence-electron chi connectivity index (χ0n) is 11.1. The molecule has 2 heterocycles. The van der Waals surface area contributed by atoms with Crippen LogP contribution in [0.25, 0.3) is 0 Å². The van der Waals surface area contributed by atoms with Crippen molar-refractivity contribution in [2.75, 3.05) is 10.2 Å². The predicted molar refractivity (Wildman–Crippen MR) is 77.3 cm³/mol. The summed E-state index contributed by atoms with van der Waals surface area (Å²) in [6.07, 6.45) is 3.42. The summed E-state index contributed by atoms with van der Waals surface area (Å²) < 4.78 is 0. The Bertz CT molecular complexity index is 688. The highest BCUT2D eigenvalue weighted by Crippen LogP contribution is 2.32. The number of amides is 2. The molecule has 0 radical (unpaired) electrons. The molecule has 0 fully saturated rings. The molecule has 1 aromatic heterocycles. The molecule has 21 heavy (non-hydrogen) atoms. The van der Waals surface area contributed by atoms with Crippen molar-refractivity contribution in [1.29, 1.82) is 0 Å². The third-order valence-electron chi connectivity index (χ3n) is 3.39. The Balaban J connectivity index is 1.91. The van der Waals surface area contributed by atoms with Gasteiger partial charge in [-0.25, -0.2) is 9.59 Å². The van der Waals surface area contributed by atoms with E-state index >= 15 is 0 Å². The Hall–Kier alpha value is -2.89. The zero-order valence-corrected chi connectivity index (χ0v) is 11.1. The fraction of sp³-hybridized carbons (Fsp3) is 0.133. The number of carboxylic acid groups (broad SMARTS) is 1. The van der Waals surface area contributed by atoms with Crippen molar-refractivity contribution in [2.45, 2.75) is 12.5 Å². The molecule has 1 aliphatic rings. The van der Waals surface area contributed by atoms with Crippen LogP contribution in [0.1, 0.15) is 5.56 Å². The maximum absolute atomic E-state index is 12.4. The zero-order chi connectivity index (χ0) is 14.8. The van der Waals surface area contributed by atoms with Gasteiger partial charge in [0.05, 0.1) is 11.9 Å². The van der Waals surface area contributed by atoms with Gasteiger partial charge < -0.3 is 10.4 Å². The summed E-state index contributed by atoms with van der Waals surface area (Å²) in [6.45, 7) is 0. The molecule has 2 aromatic rings. The van der Waals surface area contributed by atoms with Gasteiger partial charge in [0.1, 0.15) is 6.04 Å². The molecule has 0 spiro atoms. The van der Waals surface area contributed by atoms with Gasteiger partial charge in [0.15, 0.2) is 0 Å².